The van der Waals surface area contributed by atoms with Gasteiger partial charge in [0.15, 0.2) is 0 Å². The summed E-state index contributed by atoms with van der Waals surface area (Å²) in [6.07, 6.45) is -3.62. The van der Waals surface area contributed by atoms with Gasteiger partial charge in [-0.3, -0.25) is 4.90 Å². The molecule has 1 aromatic carbocycles. The molecule has 114 valence electrons. The second-order valence-electron chi connectivity index (χ2n) is 4.94. The van der Waals surface area contributed by atoms with Crippen molar-refractivity contribution >= 4 is 11.6 Å². The van der Waals surface area contributed by atoms with Crippen molar-refractivity contribution in [3.8, 4) is 0 Å². The molecule has 0 saturated carbocycles. The average Bonchev–Trinajstić information content (AvgIpc) is 2.26. The summed E-state index contributed by atoms with van der Waals surface area (Å²) in [7, 11) is 0. The van der Waals surface area contributed by atoms with Crippen LogP contribution >= 0.6 is 11.6 Å². The highest BCUT2D eigenvalue weighted by Gasteiger charge is 2.35. The number of hydrogen-bond acceptors (Lipinski definition) is 2. The third kappa shape index (κ3) is 5.31. The van der Waals surface area contributed by atoms with E-state index in [9.17, 15) is 13.2 Å². The van der Waals surface area contributed by atoms with Crippen molar-refractivity contribution in [2.45, 2.75) is 38.5 Å². The highest BCUT2D eigenvalue weighted by Crippen LogP contribution is 2.29. The van der Waals surface area contributed by atoms with E-state index in [-0.39, 0.29) is 0 Å². The van der Waals surface area contributed by atoms with E-state index in [0.717, 1.165) is 0 Å². The van der Waals surface area contributed by atoms with Crippen LogP contribution in [0.25, 0.3) is 0 Å². The third-order valence-electron chi connectivity index (χ3n) is 2.97. The minimum absolute atomic E-state index is 0.332. The van der Waals surface area contributed by atoms with Gasteiger partial charge in [0.2, 0.25) is 0 Å². The lowest BCUT2D eigenvalue weighted by atomic mass is 9.99. The summed E-state index contributed by atoms with van der Waals surface area (Å²) in [6.45, 7) is 2.92. The van der Waals surface area contributed by atoms with Crippen LogP contribution < -0.4 is 5.73 Å². The van der Waals surface area contributed by atoms with Crippen molar-refractivity contribution < 1.29 is 13.2 Å². The molecule has 2 N–H and O–H groups in total. The average molecular weight is 309 g/mol. The summed E-state index contributed by atoms with van der Waals surface area (Å²) in [5, 5.41) is 0.497. The van der Waals surface area contributed by atoms with E-state index < -0.39 is 24.8 Å². The molecule has 0 radical (unpaired) electrons. The van der Waals surface area contributed by atoms with Crippen molar-refractivity contribution in [3.63, 3.8) is 0 Å². The van der Waals surface area contributed by atoms with Gasteiger partial charge in [-0.1, -0.05) is 30.7 Å². The molecule has 0 spiro atoms. The first-order chi connectivity index (χ1) is 9.24. The Morgan fingerprint density at radius 2 is 2.00 bits per heavy atom. The molecule has 0 aromatic heterocycles. The molecule has 0 aliphatic rings. The van der Waals surface area contributed by atoms with E-state index in [1.807, 2.05) is 6.92 Å². The standard InChI is InChI=1S/C14H20ClF3N2/c1-3-7-20(9-14(16,17)18)13(10(2)19)11-5-4-6-12(15)8-11/h4-6,8,10,13H,3,7,9,19H2,1-2H3. The molecule has 1 rings (SSSR count). The predicted molar refractivity (Wildman–Crippen MR) is 75.8 cm³/mol. The maximum Gasteiger partial charge on any atom is 0.401 e. The number of rotatable bonds is 6. The SMILES string of the molecule is CCCN(CC(F)(F)F)C(c1cccc(Cl)c1)C(C)N. The van der Waals surface area contributed by atoms with Crippen LogP contribution in [0, 0.1) is 0 Å². The topological polar surface area (TPSA) is 29.3 Å². The van der Waals surface area contributed by atoms with Crippen LogP contribution in [0.5, 0.6) is 0 Å². The molecule has 0 heterocycles. The van der Waals surface area contributed by atoms with E-state index in [4.69, 9.17) is 17.3 Å². The fraction of sp³-hybridized carbons (Fsp3) is 0.571. The largest absolute Gasteiger partial charge is 0.401 e. The molecule has 2 atom stereocenters. The molecule has 0 aliphatic heterocycles. The molecule has 2 unspecified atom stereocenters. The van der Waals surface area contributed by atoms with Gasteiger partial charge in [-0.2, -0.15) is 13.2 Å². The number of halogens is 4. The zero-order valence-corrected chi connectivity index (χ0v) is 12.4. The summed E-state index contributed by atoms with van der Waals surface area (Å²) in [4.78, 5) is 1.37. The van der Waals surface area contributed by atoms with Crippen LogP contribution in [-0.2, 0) is 0 Å². The number of nitrogens with zero attached hydrogens (tertiary/aromatic N) is 1. The van der Waals surface area contributed by atoms with Gasteiger partial charge >= 0.3 is 6.18 Å². The summed E-state index contributed by atoms with van der Waals surface area (Å²) in [5.41, 5.74) is 6.63. The predicted octanol–water partition coefficient (Wildman–Crippen LogP) is 4.00. The lowest BCUT2D eigenvalue weighted by Crippen LogP contribution is -2.44. The Balaban J connectivity index is 3.08. The van der Waals surface area contributed by atoms with E-state index in [0.29, 0.717) is 23.6 Å². The zero-order valence-electron chi connectivity index (χ0n) is 11.6. The molecule has 0 amide bonds. The number of benzene rings is 1. The first kappa shape index (κ1) is 17.3. The molecule has 0 bridgehead atoms. The summed E-state index contributed by atoms with van der Waals surface area (Å²) in [5.74, 6) is 0. The van der Waals surface area contributed by atoms with Crippen LogP contribution in [0.2, 0.25) is 5.02 Å². The Morgan fingerprint density at radius 1 is 1.35 bits per heavy atom. The van der Waals surface area contributed by atoms with Crippen molar-refractivity contribution in [1.29, 1.82) is 0 Å². The first-order valence-corrected chi connectivity index (χ1v) is 6.94. The fourth-order valence-electron chi connectivity index (χ4n) is 2.37. The third-order valence-corrected chi connectivity index (χ3v) is 3.21. The van der Waals surface area contributed by atoms with Crippen molar-refractivity contribution in [1.82, 2.24) is 4.90 Å². The maximum atomic E-state index is 12.7. The first-order valence-electron chi connectivity index (χ1n) is 6.56. The highest BCUT2D eigenvalue weighted by molar-refractivity contribution is 6.30. The van der Waals surface area contributed by atoms with Gasteiger partial charge < -0.3 is 5.73 Å². The Hall–Kier alpha value is -0.780. The zero-order chi connectivity index (χ0) is 15.3. The summed E-state index contributed by atoms with van der Waals surface area (Å²) in [6, 6.07) is 5.92. The van der Waals surface area contributed by atoms with Crippen LogP contribution in [0.15, 0.2) is 24.3 Å². The van der Waals surface area contributed by atoms with Crippen molar-refractivity contribution in [2.75, 3.05) is 13.1 Å². The molecule has 0 saturated heterocycles. The molecule has 0 fully saturated rings. The number of nitrogens with two attached hydrogens (primary N) is 1. The normalized spacial score (nSPS) is 15.4. The van der Waals surface area contributed by atoms with Crippen LogP contribution in [0.4, 0.5) is 13.2 Å². The molecule has 0 aliphatic carbocycles. The minimum Gasteiger partial charge on any atom is -0.326 e. The Kier molecular flexibility index (Phi) is 6.30. The molecule has 6 heteroatoms. The lowest BCUT2D eigenvalue weighted by molar-refractivity contribution is -0.152. The number of alkyl halides is 3. The monoisotopic (exact) mass is 308 g/mol. The van der Waals surface area contributed by atoms with E-state index in [1.165, 1.54) is 4.90 Å². The van der Waals surface area contributed by atoms with Crippen molar-refractivity contribution in [2.24, 2.45) is 5.73 Å². The quantitative estimate of drug-likeness (QED) is 0.860. The summed E-state index contributed by atoms with van der Waals surface area (Å²) < 4.78 is 38.2. The van der Waals surface area contributed by atoms with E-state index in [2.05, 4.69) is 0 Å². The molecule has 20 heavy (non-hydrogen) atoms. The van der Waals surface area contributed by atoms with E-state index in [1.54, 1.807) is 31.2 Å². The lowest BCUT2D eigenvalue weighted by Gasteiger charge is -2.35. The van der Waals surface area contributed by atoms with Gasteiger partial charge in [-0.15, -0.1) is 0 Å². The molecular weight excluding hydrogens is 289 g/mol. The van der Waals surface area contributed by atoms with Gasteiger partial charge in [-0.05, 0) is 37.6 Å². The Labute approximate surface area is 122 Å². The van der Waals surface area contributed by atoms with Gasteiger partial charge in [0, 0.05) is 11.1 Å². The Morgan fingerprint density at radius 3 is 2.45 bits per heavy atom. The minimum atomic E-state index is -4.25. The highest BCUT2D eigenvalue weighted by atomic mass is 35.5. The maximum absolute atomic E-state index is 12.7. The second-order valence-corrected chi connectivity index (χ2v) is 5.38. The molecular formula is C14H20ClF3N2. The van der Waals surface area contributed by atoms with Crippen LogP contribution in [0.3, 0.4) is 0 Å². The molecule has 2 nitrogen and oxygen atoms in total. The summed E-state index contributed by atoms with van der Waals surface area (Å²) >= 11 is 5.93. The van der Waals surface area contributed by atoms with E-state index >= 15 is 0 Å². The Bertz CT molecular complexity index is 421. The number of hydrogen-bond donors (Lipinski definition) is 1. The van der Waals surface area contributed by atoms with Gasteiger partial charge in [0.25, 0.3) is 0 Å². The van der Waals surface area contributed by atoms with Crippen LogP contribution in [-0.4, -0.2) is 30.2 Å². The van der Waals surface area contributed by atoms with Gasteiger partial charge in [0.1, 0.15) is 0 Å². The van der Waals surface area contributed by atoms with Crippen molar-refractivity contribution in [3.05, 3.63) is 34.9 Å². The van der Waals surface area contributed by atoms with Gasteiger partial charge in [-0.25, -0.2) is 0 Å². The smallest absolute Gasteiger partial charge is 0.326 e. The van der Waals surface area contributed by atoms with Crippen LogP contribution in [0.1, 0.15) is 31.9 Å². The van der Waals surface area contributed by atoms with Gasteiger partial charge in [0.05, 0.1) is 12.6 Å². The molecule has 1 aromatic rings. The fourth-order valence-corrected chi connectivity index (χ4v) is 2.57. The second kappa shape index (κ2) is 7.29.